The first-order chi connectivity index (χ1) is 12.3. The van der Waals surface area contributed by atoms with E-state index in [2.05, 4.69) is 4.98 Å². The third-order valence-corrected chi connectivity index (χ3v) is 4.24. The molecule has 9 heteroatoms. The lowest BCUT2D eigenvalue weighted by molar-refractivity contribution is -0.117. The highest BCUT2D eigenvalue weighted by Gasteiger charge is 2.35. The summed E-state index contributed by atoms with van der Waals surface area (Å²) in [5.74, 6) is -3.57. The Morgan fingerprint density at radius 2 is 2.08 bits per heavy atom. The number of hydrogen-bond donors (Lipinski definition) is 2. The first-order valence-electron chi connectivity index (χ1n) is 7.68. The number of rotatable bonds is 6. The number of Topliss-reactive ketones (excluding diaryl/α,β-unsaturated/α-hetero) is 1. The predicted octanol–water partition coefficient (Wildman–Crippen LogP) is 0.848. The Balaban J connectivity index is 1.96. The highest BCUT2D eigenvalue weighted by atomic mass is 16.4. The number of nitrogens with zero attached hydrogens (tertiary/aromatic N) is 3. The number of hydrogen-bond acceptors (Lipinski definition) is 5. The van der Waals surface area contributed by atoms with E-state index in [0.29, 0.717) is 18.5 Å². The molecule has 0 spiro atoms. The van der Waals surface area contributed by atoms with Gasteiger partial charge in [0.05, 0.1) is 0 Å². The molecule has 0 saturated heterocycles. The molecular weight excluding hydrogens is 342 g/mol. The molecule has 1 unspecified atom stereocenters. The van der Waals surface area contributed by atoms with E-state index in [4.69, 9.17) is 5.11 Å². The number of amides is 1. The van der Waals surface area contributed by atoms with Crippen LogP contribution in [0.4, 0.5) is 0 Å². The number of ketones is 1. The van der Waals surface area contributed by atoms with Crippen molar-refractivity contribution in [2.75, 3.05) is 7.05 Å². The van der Waals surface area contributed by atoms with E-state index in [0.717, 1.165) is 21.9 Å². The van der Waals surface area contributed by atoms with Crippen molar-refractivity contribution in [3.05, 3.63) is 52.6 Å². The maximum absolute atomic E-state index is 12.7. The maximum Gasteiger partial charge on any atom is 0.372 e. The zero-order valence-electron chi connectivity index (χ0n) is 13.7. The van der Waals surface area contributed by atoms with E-state index in [9.17, 15) is 24.3 Å². The zero-order chi connectivity index (χ0) is 19.0. The number of aromatic nitrogens is 2. The van der Waals surface area contributed by atoms with Crippen LogP contribution in [-0.2, 0) is 17.8 Å². The van der Waals surface area contributed by atoms with Crippen molar-refractivity contribution in [1.29, 1.82) is 0 Å². The minimum atomic E-state index is -1.41. The first kappa shape index (κ1) is 17.3. The van der Waals surface area contributed by atoms with Gasteiger partial charge in [-0.2, -0.15) is 0 Å². The summed E-state index contributed by atoms with van der Waals surface area (Å²) in [5, 5.41) is 18.3. The molecule has 1 aliphatic carbocycles. The molecule has 0 bridgehead atoms. The van der Waals surface area contributed by atoms with Gasteiger partial charge in [0, 0.05) is 31.8 Å². The Kier molecular flexibility index (Phi) is 4.29. The molecular formula is C17H15N3O6. The molecule has 0 fully saturated rings. The second kappa shape index (κ2) is 6.43. The molecule has 2 aromatic rings. The van der Waals surface area contributed by atoms with Gasteiger partial charge >= 0.3 is 11.9 Å². The lowest BCUT2D eigenvalue weighted by Crippen LogP contribution is -2.19. The van der Waals surface area contributed by atoms with Crippen molar-refractivity contribution < 1.29 is 29.4 Å². The molecule has 134 valence electrons. The van der Waals surface area contributed by atoms with Gasteiger partial charge in [-0.1, -0.05) is 18.2 Å². The van der Waals surface area contributed by atoms with Crippen LogP contribution in [0.25, 0.3) is 0 Å². The highest BCUT2D eigenvalue weighted by molar-refractivity contribution is 6.04. The summed E-state index contributed by atoms with van der Waals surface area (Å²) in [6, 6.07) is 4.30. The zero-order valence-corrected chi connectivity index (χ0v) is 13.7. The molecule has 1 aromatic carbocycles. The fourth-order valence-electron chi connectivity index (χ4n) is 3.08. The van der Waals surface area contributed by atoms with Crippen LogP contribution in [0.3, 0.4) is 0 Å². The van der Waals surface area contributed by atoms with Gasteiger partial charge in [-0.3, -0.25) is 9.59 Å². The van der Waals surface area contributed by atoms with Gasteiger partial charge in [-0.15, -0.1) is 0 Å². The number of aromatic carboxylic acids is 2. The second-order valence-electron chi connectivity index (χ2n) is 6.06. The smallest absolute Gasteiger partial charge is 0.372 e. The van der Waals surface area contributed by atoms with Crippen LogP contribution in [0.15, 0.2) is 24.4 Å². The summed E-state index contributed by atoms with van der Waals surface area (Å²) < 4.78 is 1.10. The molecule has 26 heavy (non-hydrogen) atoms. The summed E-state index contributed by atoms with van der Waals surface area (Å²) >= 11 is 0. The first-order valence-corrected chi connectivity index (χ1v) is 7.68. The normalized spacial score (nSPS) is 15.6. The average molecular weight is 357 g/mol. The third kappa shape index (κ3) is 2.94. The second-order valence-corrected chi connectivity index (χ2v) is 6.06. The van der Waals surface area contributed by atoms with Crippen molar-refractivity contribution in [2.45, 2.75) is 19.0 Å². The number of imidazole rings is 1. The molecule has 0 aliphatic heterocycles. The van der Waals surface area contributed by atoms with Crippen molar-refractivity contribution >= 4 is 24.1 Å². The van der Waals surface area contributed by atoms with E-state index in [1.807, 2.05) is 0 Å². The topological polar surface area (TPSA) is 130 Å². The number of carboxylic acid groups (broad SMARTS) is 2. The Labute approximate surface area is 147 Å². The van der Waals surface area contributed by atoms with Gasteiger partial charge in [0.2, 0.25) is 12.2 Å². The molecule has 3 rings (SSSR count). The molecule has 1 heterocycles. The minimum Gasteiger partial charge on any atom is -0.476 e. The largest absolute Gasteiger partial charge is 0.476 e. The summed E-state index contributed by atoms with van der Waals surface area (Å²) in [7, 11) is 1.63. The standard InChI is InChI=1S/C17H15N3O6/c1-19(8-21)6-9-2-3-11-10(4-9)5-13(14(11)22)20-7-12(16(23)24)18-15(20)17(25)26/h2-4,7-8,13H,5-6H2,1H3,(H,23,24)(H,25,26). The fraction of sp³-hybridized carbons (Fsp3) is 0.235. The van der Waals surface area contributed by atoms with Crippen LogP contribution < -0.4 is 0 Å². The van der Waals surface area contributed by atoms with Crippen LogP contribution in [0, 0.1) is 0 Å². The quantitative estimate of drug-likeness (QED) is 0.733. The maximum atomic E-state index is 12.7. The van der Waals surface area contributed by atoms with Gasteiger partial charge in [-0.05, 0) is 11.1 Å². The number of carbonyl (C=O) groups is 4. The van der Waals surface area contributed by atoms with Crippen LogP contribution >= 0.6 is 0 Å². The average Bonchev–Trinajstić information content (AvgIpc) is 3.16. The number of benzene rings is 1. The van der Waals surface area contributed by atoms with Crippen LogP contribution in [0.2, 0.25) is 0 Å². The third-order valence-electron chi connectivity index (χ3n) is 4.24. The molecule has 2 N–H and O–H groups in total. The molecule has 1 aliphatic rings. The summed E-state index contributed by atoms with van der Waals surface area (Å²) in [5.41, 5.74) is 1.58. The lowest BCUT2D eigenvalue weighted by atomic mass is 10.1. The number of carboxylic acids is 2. The highest BCUT2D eigenvalue weighted by Crippen LogP contribution is 2.32. The van der Waals surface area contributed by atoms with Gasteiger partial charge in [0.1, 0.15) is 6.04 Å². The Hall–Kier alpha value is -3.49. The Morgan fingerprint density at radius 1 is 1.35 bits per heavy atom. The van der Waals surface area contributed by atoms with Gasteiger partial charge in [-0.25, -0.2) is 14.6 Å². The summed E-state index contributed by atoms with van der Waals surface area (Å²) in [6.07, 6.45) is 1.99. The van der Waals surface area contributed by atoms with Crippen LogP contribution in [0.5, 0.6) is 0 Å². The fourth-order valence-corrected chi connectivity index (χ4v) is 3.08. The lowest BCUT2D eigenvalue weighted by Gasteiger charge is -2.11. The molecule has 9 nitrogen and oxygen atoms in total. The molecule has 0 radical (unpaired) electrons. The van der Waals surface area contributed by atoms with Gasteiger partial charge in [0.15, 0.2) is 11.5 Å². The van der Waals surface area contributed by atoms with Crippen LogP contribution in [-0.4, -0.2) is 55.8 Å². The number of fused-ring (bicyclic) bond motifs is 1. The molecule has 0 saturated carbocycles. The van der Waals surface area contributed by atoms with Gasteiger partial charge < -0.3 is 19.7 Å². The predicted molar refractivity (Wildman–Crippen MR) is 87.2 cm³/mol. The number of carbonyl (C=O) groups excluding carboxylic acids is 2. The van der Waals surface area contributed by atoms with E-state index in [1.165, 1.54) is 4.90 Å². The summed E-state index contributed by atoms with van der Waals surface area (Å²) in [4.78, 5) is 50.9. The van der Waals surface area contributed by atoms with Crippen molar-refractivity contribution in [3.8, 4) is 0 Å². The Bertz CT molecular complexity index is 933. The van der Waals surface area contributed by atoms with Gasteiger partial charge in [0.25, 0.3) is 0 Å². The minimum absolute atomic E-state index is 0.225. The Morgan fingerprint density at radius 3 is 2.69 bits per heavy atom. The SMILES string of the molecule is CN(C=O)Cc1ccc2c(c1)CC(n1cc(C(=O)O)nc1C(=O)O)C2=O. The van der Waals surface area contributed by atoms with Crippen LogP contribution in [0.1, 0.15) is 48.6 Å². The van der Waals surface area contributed by atoms with Crippen molar-refractivity contribution in [3.63, 3.8) is 0 Å². The molecule has 1 atom stereocenters. The molecule has 1 amide bonds. The molecule has 1 aromatic heterocycles. The van der Waals surface area contributed by atoms with E-state index < -0.39 is 29.5 Å². The summed E-state index contributed by atoms with van der Waals surface area (Å²) in [6.45, 7) is 0.379. The van der Waals surface area contributed by atoms with E-state index in [1.54, 1.807) is 25.2 Å². The van der Waals surface area contributed by atoms with E-state index in [-0.39, 0.29) is 12.2 Å². The van der Waals surface area contributed by atoms with Crippen molar-refractivity contribution in [1.82, 2.24) is 14.5 Å². The van der Waals surface area contributed by atoms with E-state index >= 15 is 0 Å². The monoisotopic (exact) mass is 357 g/mol. The van der Waals surface area contributed by atoms with Crippen molar-refractivity contribution in [2.24, 2.45) is 0 Å².